The Kier molecular flexibility index (Phi) is 4.66. The molecule has 0 bridgehead atoms. The van der Waals surface area contributed by atoms with Crippen molar-refractivity contribution >= 4 is 45.1 Å². The summed E-state index contributed by atoms with van der Waals surface area (Å²) in [6, 6.07) is 2.20. The van der Waals surface area contributed by atoms with Gasteiger partial charge in [0.2, 0.25) is 5.95 Å². The van der Waals surface area contributed by atoms with Crippen molar-refractivity contribution in [2.45, 2.75) is 13.3 Å². The van der Waals surface area contributed by atoms with E-state index >= 15 is 0 Å². The zero-order valence-electron chi connectivity index (χ0n) is 10.9. The monoisotopic (exact) mass is 282 g/mol. The molecule has 0 unspecified atom stereocenters. The number of thiophene rings is 1. The Hall–Kier alpha value is -1.01. The summed E-state index contributed by atoms with van der Waals surface area (Å²) in [6.45, 7) is 3.09. The Morgan fingerprint density at radius 1 is 1.39 bits per heavy atom. The zero-order valence-corrected chi connectivity index (χ0v) is 12.5. The van der Waals surface area contributed by atoms with Gasteiger partial charge < -0.3 is 10.6 Å². The van der Waals surface area contributed by atoms with Gasteiger partial charge in [-0.25, -0.2) is 4.98 Å². The van der Waals surface area contributed by atoms with Gasteiger partial charge in [-0.15, -0.1) is 11.3 Å². The molecule has 0 aliphatic rings. The molecule has 98 valence electrons. The second-order valence-corrected chi connectivity index (χ2v) is 5.95. The first kappa shape index (κ1) is 13.4. The molecule has 0 saturated carbocycles. The van der Waals surface area contributed by atoms with Crippen molar-refractivity contribution in [2.24, 2.45) is 0 Å². The predicted octanol–water partition coefficient (Wildman–Crippen LogP) is 3.07. The van der Waals surface area contributed by atoms with Crippen LogP contribution in [-0.4, -0.2) is 35.6 Å². The fourth-order valence-corrected chi connectivity index (χ4v) is 2.94. The lowest BCUT2D eigenvalue weighted by atomic mass is 10.3. The molecule has 2 aromatic rings. The Morgan fingerprint density at radius 2 is 2.22 bits per heavy atom. The zero-order chi connectivity index (χ0) is 13.0. The molecule has 2 N–H and O–H groups in total. The second-order valence-electron chi connectivity index (χ2n) is 3.85. The number of nitrogens with one attached hydrogen (secondary N) is 2. The number of thioether (sulfide) groups is 1. The van der Waals surface area contributed by atoms with Crippen molar-refractivity contribution in [3.63, 3.8) is 0 Å². The summed E-state index contributed by atoms with van der Waals surface area (Å²) in [5, 5.41) is 7.55. The third-order valence-corrected chi connectivity index (χ3v) is 4.40. The van der Waals surface area contributed by atoms with E-state index in [9.17, 15) is 0 Å². The fourth-order valence-electron chi connectivity index (χ4n) is 1.66. The van der Waals surface area contributed by atoms with Crippen LogP contribution in [0.15, 0.2) is 6.07 Å². The third kappa shape index (κ3) is 2.87. The lowest BCUT2D eigenvalue weighted by Gasteiger charge is -2.07. The Bertz CT molecular complexity index is 524. The van der Waals surface area contributed by atoms with E-state index in [2.05, 4.69) is 39.8 Å². The summed E-state index contributed by atoms with van der Waals surface area (Å²) in [7, 11) is 1.85. The van der Waals surface area contributed by atoms with E-state index in [1.807, 2.05) is 18.8 Å². The molecule has 0 fully saturated rings. The van der Waals surface area contributed by atoms with Crippen LogP contribution in [0, 0.1) is 0 Å². The Morgan fingerprint density at radius 3 is 2.89 bits per heavy atom. The van der Waals surface area contributed by atoms with Crippen molar-refractivity contribution in [2.75, 3.05) is 36.2 Å². The predicted molar refractivity (Wildman–Crippen MR) is 83.2 cm³/mol. The number of fused-ring (bicyclic) bond motifs is 1. The van der Waals surface area contributed by atoms with Crippen LogP contribution in [0.3, 0.4) is 0 Å². The van der Waals surface area contributed by atoms with Crippen molar-refractivity contribution in [1.29, 1.82) is 0 Å². The highest BCUT2D eigenvalue weighted by Gasteiger charge is 2.10. The van der Waals surface area contributed by atoms with Crippen molar-refractivity contribution < 1.29 is 0 Å². The van der Waals surface area contributed by atoms with Crippen LogP contribution < -0.4 is 10.6 Å². The minimum atomic E-state index is 0.679. The summed E-state index contributed by atoms with van der Waals surface area (Å²) >= 11 is 3.57. The van der Waals surface area contributed by atoms with E-state index < -0.39 is 0 Å². The first-order chi connectivity index (χ1) is 8.78. The Balaban J connectivity index is 2.37. The van der Waals surface area contributed by atoms with Crippen molar-refractivity contribution in [3.8, 4) is 0 Å². The Labute approximate surface area is 116 Å². The van der Waals surface area contributed by atoms with E-state index in [1.165, 1.54) is 4.88 Å². The SMILES string of the molecule is CCc1cc2c(NCCSC)nc(NC)nc2s1. The number of anilines is 2. The second kappa shape index (κ2) is 6.24. The quantitative estimate of drug-likeness (QED) is 0.797. The molecular formula is C12H18N4S2. The van der Waals surface area contributed by atoms with E-state index in [4.69, 9.17) is 0 Å². The van der Waals surface area contributed by atoms with Gasteiger partial charge in [0.1, 0.15) is 10.6 Å². The summed E-state index contributed by atoms with van der Waals surface area (Å²) in [4.78, 5) is 11.4. The number of hydrogen-bond donors (Lipinski definition) is 2. The van der Waals surface area contributed by atoms with Crippen LogP contribution in [0.4, 0.5) is 11.8 Å². The molecule has 0 amide bonds. The highest BCUT2D eigenvalue weighted by Crippen LogP contribution is 2.30. The van der Waals surface area contributed by atoms with Crippen molar-refractivity contribution in [1.82, 2.24) is 9.97 Å². The molecule has 0 atom stereocenters. The average molecular weight is 282 g/mol. The van der Waals surface area contributed by atoms with E-state index in [0.717, 1.165) is 34.8 Å². The first-order valence-corrected chi connectivity index (χ1v) is 8.20. The van der Waals surface area contributed by atoms with Gasteiger partial charge in [-0.2, -0.15) is 16.7 Å². The van der Waals surface area contributed by atoms with Crippen LogP contribution in [0.25, 0.3) is 10.2 Å². The van der Waals surface area contributed by atoms with Crippen LogP contribution in [-0.2, 0) is 6.42 Å². The molecular weight excluding hydrogens is 264 g/mol. The lowest BCUT2D eigenvalue weighted by molar-refractivity contribution is 1.14. The lowest BCUT2D eigenvalue weighted by Crippen LogP contribution is -2.07. The number of nitrogens with zero attached hydrogens (tertiary/aromatic N) is 2. The molecule has 2 rings (SSSR count). The van der Waals surface area contributed by atoms with Gasteiger partial charge in [0, 0.05) is 24.2 Å². The summed E-state index contributed by atoms with van der Waals surface area (Å²) in [5.41, 5.74) is 0. The topological polar surface area (TPSA) is 49.8 Å². The fraction of sp³-hybridized carbons (Fsp3) is 0.500. The highest BCUT2D eigenvalue weighted by atomic mass is 32.2. The molecule has 0 spiro atoms. The van der Waals surface area contributed by atoms with Gasteiger partial charge in [0.25, 0.3) is 0 Å². The molecule has 0 aromatic carbocycles. The van der Waals surface area contributed by atoms with Crippen LogP contribution in [0.5, 0.6) is 0 Å². The van der Waals surface area contributed by atoms with Gasteiger partial charge in [-0.1, -0.05) is 6.92 Å². The average Bonchev–Trinajstić information content (AvgIpc) is 2.81. The molecule has 0 aliphatic heterocycles. The summed E-state index contributed by atoms with van der Waals surface area (Å²) < 4.78 is 0. The number of rotatable bonds is 6. The molecule has 18 heavy (non-hydrogen) atoms. The minimum absolute atomic E-state index is 0.679. The van der Waals surface area contributed by atoms with E-state index in [0.29, 0.717) is 5.95 Å². The molecule has 0 aliphatic carbocycles. The number of hydrogen-bond acceptors (Lipinski definition) is 6. The van der Waals surface area contributed by atoms with Crippen LogP contribution in [0.1, 0.15) is 11.8 Å². The molecule has 0 saturated heterocycles. The van der Waals surface area contributed by atoms with E-state index in [1.54, 1.807) is 11.3 Å². The maximum Gasteiger partial charge on any atom is 0.225 e. The molecule has 2 aromatic heterocycles. The van der Waals surface area contributed by atoms with Crippen molar-refractivity contribution in [3.05, 3.63) is 10.9 Å². The normalized spacial score (nSPS) is 10.8. The van der Waals surface area contributed by atoms with Crippen LogP contribution in [0.2, 0.25) is 0 Å². The van der Waals surface area contributed by atoms with Gasteiger partial charge in [-0.3, -0.25) is 0 Å². The molecule has 0 radical (unpaired) electrons. The van der Waals surface area contributed by atoms with Crippen LogP contribution >= 0.6 is 23.1 Å². The van der Waals surface area contributed by atoms with Gasteiger partial charge in [-0.05, 0) is 18.7 Å². The largest absolute Gasteiger partial charge is 0.369 e. The third-order valence-electron chi connectivity index (χ3n) is 2.61. The minimum Gasteiger partial charge on any atom is -0.369 e. The molecule has 6 heteroatoms. The summed E-state index contributed by atoms with van der Waals surface area (Å²) in [6.07, 6.45) is 3.15. The maximum atomic E-state index is 4.50. The number of aromatic nitrogens is 2. The molecule has 4 nitrogen and oxygen atoms in total. The maximum absolute atomic E-state index is 4.50. The molecule has 2 heterocycles. The highest BCUT2D eigenvalue weighted by molar-refractivity contribution is 7.98. The van der Waals surface area contributed by atoms with Gasteiger partial charge in [0.05, 0.1) is 5.39 Å². The van der Waals surface area contributed by atoms with E-state index in [-0.39, 0.29) is 0 Å². The summed E-state index contributed by atoms with van der Waals surface area (Å²) in [5.74, 6) is 2.69. The smallest absolute Gasteiger partial charge is 0.225 e. The standard InChI is InChI=1S/C12H18N4S2/c1-4-8-7-9-10(14-5-6-17-3)15-12(13-2)16-11(9)18-8/h7H,4-6H2,1-3H3,(H2,13,14,15,16). The number of aryl methyl sites for hydroxylation is 1. The van der Waals surface area contributed by atoms with Gasteiger partial charge >= 0.3 is 0 Å². The first-order valence-electron chi connectivity index (χ1n) is 5.99. The van der Waals surface area contributed by atoms with Gasteiger partial charge in [0.15, 0.2) is 0 Å².